The summed E-state index contributed by atoms with van der Waals surface area (Å²) in [4.78, 5) is 4.82. The number of oxime groups is 1. The summed E-state index contributed by atoms with van der Waals surface area (Å²) in [5.41, 5.74) is 0. The second-order valence-electron chi connectivity index (χ2n) is 1.80. The van der Waals surface area contributed by atoms with E-state index in [1.807, 2.05) is 0 Å². The second-order valence-corrected chi connectivity index (χ2v) is 2.45. The zero-order valence-electron chi connectivity index (χ0n) is 5.13. The van der Waals surface area contributed by atoms with E-state index < -0.39 is 0 Å². The molecule has 0 bridgehead atoms. The van der Waals surface area contributed by atoms with E-state index in [4.69, 9.17) is 9.57 Å². The Hall–Kier alpha value is -0.250. The van der Waals surface area contributed by atoms with E-state index in [1.54, 1.807) is 6.92 Å². The molecular formula is C5H8BrNO2. The van der Waals surface area contributed by atoms with Gasteiger partial charge in [0.05, 0.1) is 0 Å². The number of ether oxygens (including phenoxy) is 1. The van der Waals surface area contributed by atoms with E-state index in [1.165, 1.54) is 0 Å². The zero-order valence-corrected chi connectivity index (χ0v) is 6.72. The van der Waals surface area contributed by atoms with Crippen LogP contribution in [0.3, 0.4) is 0 Å². The second kappa shape index (κ2) is 3.06. The first-order chi connectivity index (χ1) is 4.33. The highest BCUT2D eigenvalue weighted by molar-refractivity contribution is 9.09. The van der Waals surface area contributed by atoms with Gasteiger partial charge in [0.25, 0.3) is 0 Å². The van der Waals surface area contributed by atoms with Crippen molar-refractivity contribution in [2.24, 2.45) is 5.16 Å². The van der Waals surface area contributed by atoms with Gasteiger partial charge in [0.15, 0.2) is 6.61 Å². The Labute approximate surface area is 62.1 Å². The van der Waals surface area contributed by atoms with Crippen molar-refractivity contribution in [3.05, 3.63) is 0 Å². The number of hydrogen-bond acceptors (Lipinski definition) is 3. The Morgan fingerprint density at radius 2 is 2.67 bits per heavy atom. The molecule has 0 aliphatic carbocycles. The average molecular weight is 194 g/mol. The molecule has 52 valence electrons. The fraction of sp³-hybridized carbons (Fsp3) is 0.800. The monoisotopic (exact) mass is 193 g/mol. The molecule has 0 saturated heterocycles. The molecule has 0 spiro atoms. The van der Waals surface area contributed by atoms with Gasteiger partial charge in [-0.25, -0.2) is 0 Å². The molecule has 3 nitrogen and oxygen atoms in total. The first kappa shape index (κ1) is 6.86. The molecule has 1 atom stereocenters. The van der Waals surface area contributed by atoms with Gasteiger partial charge >= 0.3 is 0 Å². The average Bonchev–Trinajstić information content (AvgIpc) is 1.88. The molecular weight excluding hydrogens is 186 g/mol. The molecule has 9 heavy (non-hydrogen) atoms. The van der Waals surface area contributed by atoms with Crippen LogP contribution in [0, 0.1) is 0 Å². The third-order valence-corrected chi connectivity index (χ3v) is 1.69. The fourth-order valence-corrected chi connectivity index (χ4v) is 0.903. The maximum absolute atomic E-state index is 5.21. The van der Waals surface area contributed by atoms with Crippen LogP contribution in [-0.4, -0.2) is 23.9 Å². The molecule has 4 heteroatoms. The summed E-state index contributed by atoms with van der Waals surface area (Å²) in [5.74, 6) is 0.602. The van der Waals surface area contributed by atoms with Crippen LogP contribution < -0.4 is 0 Å². The predicted molar refractivity (Wildman–Crippen MR) is 37.7 cm³/mol. The predicted octanol–water partition coefficient (Wildman–Crippen LogP) is 1.13. The molecule has 1 aliphatic heterocycles. The first-order valence-electron chi connectivity index (χ1n) is 2.72. The molecule has 1 unspecified atom stereocenters. The van der Waals surface area contributed by atoms with Gasteiger partial charge in [-0.3, -0.25) is 0 Å². The summed E-state index contributed by atoms with van der Waals surface area (Å²) < 4.78 is 5.21. The van der Waals surface area contributed by atoms with Crippen molar-refractivity contribution < 1.29 is 9.57 Å². The number of halogens is 1. The number of hydrogen-bond donors (Lipinski definition) is 0. The van der Waals surface area contributed by atoms with Crippen molar-refractivity contribution in [2.45, 2.75) is 13.0 Å². The van der Waals surface area contributed by atoms with Gasteiger partial charge < -0.3 is 9.57 Å². The minimum Gasteiger partial charge on any atom is -0.471 e. The summed E-state index contributed by atoms with van der Waals surface area (Å²) in [7, 11) is 0. The van der Waals surface area contributed by atoms with Crippen LogP contribution in [0.5, 0.6) is 0 Å². The Kier molecular flexibility index (Phi) is 2.33. The number of rotatable bonds is 1. The summed E-state index contributed by atoms with van der Waals surface area (Å²) in [6, 6.07) is 0. The molecule has 0 saturated carbocycles. The standard InChI is InChI=1S/C5H8BrNO2/c1-4-7-8-3-5(2-6)9-4/h5H,2-3H2,1H3. The van der Waals surface area contributed by atoms with Gasteiger partial charge in [0.2, 0.25) is 5.90 Å². The van der Waals surface area contributed by atoms with Crippen molar-refractivity contribution in [1.82, 2.24) is 0 Å². The van der Waals surface area contributed by atoms with Crippen molar-refractivity contribution >= 4 is 21.8 Å². The number of alkyl halides is 1. The molecule has 0 fully saturated rings. The van der Waals surface area contributed by atoms with Crippen molar-refractivity contribution in [3.8, 4) is 0 Å². The van der Waals surface area contributed by atoms with E-state index >= 15 is 0 Å². The van der Waals surface area contributed by atoms with Crippen molar-refractivity contribution in [1.29, 1.82) is 0 Å². The van der Waals surface area contributed by atoms with Crippen LogP contribution in [0.1, 0.15) is 6.92 Å². The largest absolute Gasteiger partial charge is 0.471 e. The highest BCUT2D eigenvalue weighted by Crippen LogP contribution is 2.04. The summed E-state index contributed by atoms with van der Waals surface area (Å²) in [6.07, 6.45) is 0.127. The summed E-state index contributed by atoms with van der Waals surface area (Å²) >= 11 is 3.28. The third-order valence-electron chi connectivity index (χ3n) is 0.963. The molecule has 0 radical (unpaired) electrons. The van der Waals surface area contributed by atoms with Gasteiger partial charge in [-0.05, 0) is 0 Å². The normalized spacial score (nSPS) is 26.0. The Morgan fingerprint density at radius 3 is 3.11 bits per heavy atom. The maximum Gasteiger partial charge on any atom is 0.222 e. The lowest BCUT2D eigenvalue weighted by Gasteiger charge is -2.18. The first-order valence-corrected chi connectivity index (χ1v) is 3.84. The highest BCUT2D eigenvalue weighted by Gasteiger charge is 2.14. The summed E-state index contributed by atoms with van der Waals surface area (Å²) in [6.45, 7) is 2.32. The van der Waals surface area contributed by atoms with Gasteiger partial charge in [-0.1, -0.05) is 21.1 Å². The van der Waals surface area contributed by atoms with Crippen LogP contribution in [-0.2, 0) is 9.57 Å². The quantitative estimate of drug-likeness (QED) is 0.585. The lowest BCUT2D eigenvalue weighted by Crippen LogP contribution is -2.27. The van der Waals surface area contributed by atoms with E-state index in [9.17, 15) is 0 Å². The Morgan fingerprint density at radius 1 is 1.89 bits per heavy atom. The van der Waals surface area contributed by atoms with Gasteiger partial charge in [-0.15, -0.1) is 0 Å². The topological polar surface area (TPSA) is 30.8 Å². The van der Waals surface area contributed by atoms with E-state index in [-0.39, 0.29) is 6.10 Å². The molecule has 0 aromatic rings. The molecule has 1 aliphatic rings. The van der Waals surface area contributed by atoms with Gasteiger partial charge in [0.1, 0.15) is 6.10 Å². The van der Waals surface area contributed by atoms with E-state index in [2.05, 4.69) is 21.1 Å². The Balaban J connectivity index is 2.39. The van der Waals surface area contributed by atoms with E-state index in [0.29, 0.717) is 12.5 Å². The molecule has 0 amide bonds. The minimum absolute atomic E-state index is 0.127. The highest BCUT2D eigenvalue weighted by atomic mass is 79.9. The van der Waals surface area contributed by atoms with E-state index in [0.717, 1.165) is 5.33 Å². The smallest absolute Gasteiger partial charge is 0.222 e. The van der Waals surface area contributed by atoms with Crippen LogP contribution in [0.25, 0.3) is 0 Å². The lowest BCUT2D eigenvalue weighted by molar-refractivity contribution is 0.0207. The zero-order chi connectivity index (χ0) is 6.69. The summed E-state index contributed by atoms with van der Waals surface area (Å²) in [5, 5.41) is 4.39. The molecule has 0 aromatic carbocycles. The van der Waals surface area contributed by atoms with Crippen LogP contribution >= 0.6 is 15.9 Å². The minimum atomic E-state index is 0.127. The molecule has 0 N–H and O–H groups in total. The van der Waals surface area contributed by atoms with Crippen molar-refractivity contribution in [3.63, 3.8) is 0 Å². The van der Waals surface area contributed by atoms with Crippen LogP contribution in [0.2, 0.25) is 0 Å². The fourth-order valence-electron chi connectivity index (χ4n) is 0.584. The van der Waals surface area contributed by atoms with Crippen molar-refractivity contribution in [2.75, 3.05) is 11.9 Å². The van der Waals surface area contributed by atoms with Crippen LogP contribution in [0.4, 0.5) is 0 Å². The lowest BCUT2D eigenvalue weighted by atomic mass is 10.4. The maximum atomic E-state index is 5.21. The molecule has 1 heterocycles. The van der Waals surface area contributed by atoms with Crippen LogP contribution in [0.15, 0.2) is 5.16 Å². The van der Waals surface area contributed by atoms with Gasteiger partial charge in [-0.2, -0.15) is 0 Å². The van der Waals surface area contributed by atoms with Gasteiger partial charge in [0, 0.05) is 12.3 Å². The SMILES string of the molecule is CC1=NOCC(CBr)O1. The third kappa shape index (κ3) is 1.86. The number of nitrogens with zero attached hydrogens (tertiary/aromatic N) is 1. The molecule has 0 aromatic heterocycles. The Bertz CT molecular complexity index is 126. The molecule has 1 rings (SSSR count).